The summed E-state index contributed by atoms with van der Waals surface area (Å²) in [5, 5.41) is 0. The van der Waals surface area contributed by atoms with Crippen LogP contribution < -0.4 is 0 Å². The molecule has 2 heterocycles. The van der Waals surface area contributed by atoms with Crippen LogP contribution in [-0.4, -0.2) is 28.0 Å². The third-order valence-electron chi connectivity index (χ3n) is 3.63. The number of nitrogens with one attached hydrogen (secondary N) is 1. The van der Waals surface area contributed by atoms with E-state index < -0.39 is 11.6 Å². The van der Waals surface area contributed by atoms with Crippen LogP contribution >= 0.6 is 0 Å². The second-order valence-corrected chi connectivity index (χ2v) is 4.82. The highest BCUT2D eigenvalue weighted by Gasteiger charge is 2.22. The van der Waals surface area contributed by atoms with Gasteiger partial charge in [0.25, 0.3) is 0 Å². The topological polar surface area (TPSA) is 31.9 Å². The van der Waals surface area contributed by atoms with Gasteiger partial charge in [0.1, 0.15) is 5.82 Å². The molecule has 1 aromatic heterocycles. The van der Waals surface area contributed by atoms with Crippen LogP contribution in [0.1, 0.15) is 31.6 Å². The summed E-state index contributed by atoms with van der Waals surface area (Å²) in [6.45, 7) is 4.18. The van der Waals surface area contributed by atoms with Crippen LogP contribution in [0.5, 0.6) is 0 Å². The Hall–Kier alpha value is -1.49. The molecule has 96 valence electrons. The van der Waals surface area contributed by atoms with E-state index in [1.54, 1.807) is 0 Å². The summed E-state index contributed by atoms with van der Waals surface area (Å²) < 4.78 is 26.2. The lowest BCUT2D eigenvalue weighted by Gasteiger charge is -2.21. The quantitative estimate of drug-likeness (QED) is 0.889. The summed E-state index contributed by atoms with van der Waals surface area (Å²) in [5.74, 6) is -0.919. The molecule has 1 unspecified atom stereocenters. The average Bonchev–Trinajstić information content (AvgIpc) is 2.97. The van der Waals surface area contributed by atoms with Crippen molar-refractivity contribution in [2.45, 2.75) is 25.8 Å². The number of aromatic amines is 1. The van der Waals surface area contributed by atoms with E-state index in [4.69, 9.17) is 0 Å². The van der Waals surface area contributed by atoms with Crippen LogP contribution in [0.4, 0.5) is 8.78 Å². The van der Waals surface area contributed by atoms with E-state index in [1.165, 1.54) is 12.8 Å². The monoisotopic (exact) mass is 251 g/mol. The Morgan fingerprint density at radius 2 is 1.89 bits per heavy atom. The molecule has 1 atom stereocenters. The molecule has 1 N–H and O–H groups in total. The summed E-state index contributed by atoms with van der Waals surface area (Å²) in [6, 6.07) is 2.46. The van der Waals surface area contributed by atoms with Crippen molar-refractivity contribution in [3.05, 3.63) is 29.6 Å². The van der Waals surface area contributed by atoms with E-state index in [0.29, 0.717) is 11.0 Å². The SMILES string of the molecule is CC(c1nc2cc(F)c(F)cc2[nH]1)N1CCCC1. The predicted octanol–water partition coefficient (Wildman–Crippen LogP) is 3.00. The molecule has 0 saturated carbocycles. The van der Waals surface area contributed by atoms with Crippen LogP contribution in [0.15, 0.2) is 12.1 Å². The zero-order chi connectivity index (χ0) is 12.7. The van der Waals surface area contributed by atoms with Crippen LogP contribution in [0, 0.1) is 11.6 Å². The molecule has 18 heavy (non-hydrogen) atoms. The van der Waals surface area contributed by atoms with Crippen LogP contribution in [0.25, 0.3) is 11.0 Å². The van der Waals surface area contributed by atoms with Gasteiger partial charge in [0.05, 0.1) is 17.1 Å². The first-order valence-electron chi connectivity index (χ1n) is 6.24. The minimum Gasteiger partial charge on any atom is -0.341 e. The second kappa shape index (κ2) is 4.31. The van der Waals surface area contributed by atoms with Crippen molar-refractivity contribution in [1.29, 1.82) is 0 Å². The normalized spacial score (nSPS) is 18.6. The average molecular weight is 251 g/mol. The number of rotatable bonds is 2. The van der Waals surface area contributed by atoms with E-state index in [1.807, 2.05) is 0 Å². The lowest BCUT2D eigenvalue weighted by molar-refractivity contribution is 0.255. The molecule has 0 spiro atoms. The lowest BCUT2D eigenvalue weighted by atomic mass is 10.3. The minimum absolute atomic E-state index is 0.158. The molecule has 5 heteroatoms. The number of nitrogens with zero attached hydrogens (tertiary/aromatic N) is 2. The minimum atomic E-state index is -0.852. The van der Waals surface area contributed by atoms with Crippen molar-refractivity contribution >= 4 is 11.0 Å². The zero-order valence-electron chi connectivity index (χ0n) is 10.2. The number of imidazole rings is 1. The van der Waals surface area contributed by atoms with E-state index in [0.717, 1.165) is 31.0 Å². The van der Waals surface area contributed by atoms with Crippen molar-refractivity contribution in [2.24, 2.45) is 0 Å². The first-order chi connectivity index (χ1) is 8.65. The fourth-order valence-corrected chi connectivity index (χ4v) is 2.52. The first kappa shape index (κ1) is 11.6. The summed E-state index contributed by atoms with van der Waals surface area (Å²) in [4.78, 5) is 9.76. The van der Waals surface area contributed by atoms with Gasteiger partial charge in [0.15, 0.2) is 11.6 Å². The highest BCUT2D eigenvalue weighted by Crippen LogP contribution is 2.25. The number of fused-ring (bicyclic) bond motifs is 1. The molecule has 3 nitrogen and oxygen atoms in total. The van der Waals surface area contributed by atoms with Gasteiger partial charge in [-0.25, -0.2) is 13.8 Å². The molecule has 0 amide bonds. The van der Waals surface area contributed by atoms with Crippen LogP contribution in [0.3, 0.4) is 0 Å². The van der Waals surface area contributed by atoms with Crippen molar-refractivity contribution < 1.29 is 8.78 Å². The largest absolute Gasteiger partial charge is 0.341 e. The molecule has 3 rings (SSSR count). The van der Waals surface area contributed by atoms with Gasteiger partial charge in [-0.1, -0.05) is 0 Å². The molecular formula is C13H15F2N3. The van der Waals surface area contributed by atoms with E-state index >= 15 is 0 Å². The number of benzene rings is 1. The molecular weight excluding hydrogens is 236 g/mol. The van der Waals surface area contributed by atoms with E-state index in [-0.39, 0.29) is 6.04 Å². The molecule has 0 aliphatic carbocycles. The molecule has 1 aromatic carbocycles. The predicted molar refractivity (Wildman–Crippen MR) is 65.2 cm³/mol. The number of likely N-dealkylation sites (tertiary alicyclic amines) is 1. The van der Waals surface area contributed by atoms with Crippen LogP contribution in [-0.2, 0) is 0 Å². The van der Waals surface area contributed by atoms with Gasteiger partial charge in [-0.3, -0.25) is 4.90 Å². The maximum Gasteiger partial charge on any atom is 0.161 e. The Balaban J connectivity index is 1.97. The van der Waals surface area contributed by atoms with E-state index in [2.05, 4.69) is 21.8 Å². The Labute approximate surface area is 104 Å². The standard InChI is InChI=1S/C13H15F2N3/c1-8(18-4-2-3-5-18)13-16-11-6-9(14)10(15)7-12(11)17-13/h6-8H,2-5H2,1H3,(H,16,17). The summed E-state index contributed by atoms with van der Waals surface area (Å²) in [5.41, 5.74) is 1.03. The Bertz CT molecular complexity index is 534. The Morgan fingerprint density at radius 3 is 2.61 bits per heavy atom. The number of aromatic nitrogens is 2. The van der Waals surface area contributed by atoms with Gasteiger partial charge in [-0.2, -0.15) is 0 Å². The molecule has 0 radical (unpaired) electrons. The van der Waals surface area contributed by atoms with Crippen molar-refractivity contribution in [3.63, 3.8) is 0 Å². The van der Waals surface area contributed by atoms with Crippen molar-refractivity contribution in [2.75, 3.05) is 13.1 Å². The Morgan fingerprint density at radius 1 is 1.22 bits per heavy atom. The zero-order valence-corrected chi connectivity index (χ0v) is 10.2. The second-order valence-electron chi connectivity index (χ2n) is 4.82. The first-order valence-corrected chi connectivity index (χ1v) is 6.24. The molecule has 1 aliphatic heterocycles. The molecule has 1 fully saturated rings. The maximum atomic E-state index is 13.1. The third kappa shape index (κ3) is 1.88. The van der Waals surface area contributed by atoms with Gasteiger partial charge in [-0.15, -0.1) is 0 Å². The smallest absolute Gasteiger partial charge is 0.161 e. The summed E-state index contributed by atoms with van der Waals surface area (Å²) in [7, 11) is 0. The summed E-state index contributed by atoms with van der Waals surface area (Å²) in [6.07, 6.45) is 2.40. The number of halogens is 2. The van der Waals surface area contributed by atoms with Gasteiger partial charge >= 0.3 is 0 Å². The number of hydrogen-bond donors (Lipinski definition) is 1. The van der Waals surface area contributed by atoms with Gasteiger partial charge < -0.3 is 4.98 Å². The Kier molecular flexibility index (Phi) is 2.78. The highest BCUT2D eigenvalue weighted by molar-refractivity contribution is 5.75. The maximum absolute atomic E-state index is 13.1. The number of H-pyrrole nitrogens is 1. The molecule has 0 bridgehead atoms. The highest BCUT2D eigenvalue weighted by atomic mass is 19.2. The third-order valence-corrected chi connectivity index (χ3v) is 3.63. The lowest BCUT2D eigenvalue weighted by Crippen LogP contribution is -2.24. The molecule has 1 aliphatic rings. The van der Waals surface area contributed by atoms with Gasteiger partial charge in [0.2, 0.25) is 0 Å². The molecule has 2 aromatic rings. The molecule has 1 saturated heterocycles. The van der Waals surface area contributed by atoms with Gasteiger partial charge in [0, 0.05) is 12.1 Å². The van der Waals surface area contributed by atoms with Crippen LogP contribution in [0.2, 0.25) is 0 Å². The number of hydrogen-bond acceptors (Lipinski definition) is 2. The van der Waals surface area contributed by atoms with Crippen molar-refractivity contribution in [1.82, 2.24) is 14.9 Å². The van der Waals surface area contributed by atoms with Crippen molar-refractivity contribution in [3.8, 4) is 0 Å². The van der Waals surface area contributed by atoms with Gasteiger partial charge in [-0.05, 0) is 32.9 Å². The fourth-order valence-electron chi connectivity index (χ4n) is 2.52. The fraction of sp³-hybridized carbons (Fsp3) is 0.462. The summed E-state index contributed by atoms with van der Waals surface area (Å²) >= 11 is 0. The van der Waals surface area contributed by atoms with E-state index in [9.17, 15) is 8.78 Å².